The molecule has 0 aliphatic rings. The van der Waals surface area contributed by atoms with Crippen LogP contribution in [0.5, 0.6) is 11.6 Å². The minimum Gasteiger partial charge on any atom is -0.487 e. The van der Waals surface area contributed by atoms with Crippen molar-refractivity contribution >= 4 is 23.3 Å². The van der Waals surface area contributed by atoms with E-state index >= 15 is 0 Å². The molecule has 2 heterocycles. The summed E-state index contributed by atoms with van der Waals surface area (Å²) in [6.07, 6.45) is 4.95. The maximum atomic E-state index is 12.2. The van der Waals surface area contributed by atoms with Crippen LogP contribution in [0, 0.1) is 6.92 Å². The molecule has 0 radical (unpaired) electrons. The van der Waals surface area contributed by atoms with Crippen LogP contribution in [-0.2, 0) is 17.9 Å². The highest BCUT2D eigenvalue weighted by Crippen LogP contribution is 2.18. The van der Waals surface area contributed by atoms with E-state index in [1.54, 1.807) is 23.6 Å². The number of carbonyl (C=O) groups is 1. The summed E-state index contributed by atoms with van der Waals surface area (Å²) >= 11 is 1.60. The zero-order chi connectivity index (χ0) is 21.3. The maximum Gasteiger partial charge on any atom is 0.244 e. The normalized spacial score (nSPS) is 11.1. The van der Waals surface area contributed by atoms with E-state index < -0.39 is 0 Å². The lowest BCUT2D eigenvalue weighted by Crippen LogP contribution is -2.21. The Kier molecular flexibility index (Phi) is 7.57. The average Bonchev–Trinajstić information content (AvgIpc) is 3.15. The van der Waals surface area contributed by atoms with Crippen molar-refractivity contribution in [1.82, 2.24) is 15.3 Å². The van der Waals surface area contributed by atoms with E-state index in [2.05, 4.69) is 15.3 Å². The van der Waals surface area contributed by atoms with Gasteiger partial charge in [-0.1, -0.05) is 18.2 Å². The van der Waals surface area contributed by atoms with Crippen LogP contribution in [0.4, 0.5) is 0 Å². The quantitative estimate of drug-likeness (QED) is 0.512. The lowest BCUT2D eigenvalue weighted by atomic mass is 10.2. The maximum absolute atomic E-state index is 12.2. The van der Waals surface area contributed by atoms with Crippen LogP contribution < -0.4 is 14.8 Å². The topological polar surface area (TPSA) is 73.3 Å². The first-order valence-electron chi connectivity index (χ1n) is 9.70. The fourth-order valence-electron chi connectivity index (χ4n) is 2.64. The van der Waals surface area contributed by atoms with Gasteiger partial charge in [-0.05, 0) is 50.6 Å². The number of benzene rings is 1. The van der Waals surface area contributed by atoms with Crippen LogP contribution in [-0.4, -0.2) is 22.0 Å². The molecule has 0 atom stereocenters. The molecule has 2 aromatic heterocycles. The van der Waals surface area contributed by atoms with Gasteiger partial charge in [-0.2, -0.15) is 0 Å². The van der Waals surface area contributed by atoms with Crippen molar-refractivity contribution in [1.29, 1.82) is 0 Å². The molecular weight excluding hydrogens is 398 g/mol. The summed E-state index contributed by atoms with van der Waals surface area (Å²) in [5, 5.41) is 5.87. The van der Waals surface area contributed by atoms with Crippen molar-refractivity contribution in [3.05, 3.63) is 75.9 Å². The van der Waals surface area contributed by atoms with Gasteiger partial charge in [0.1, 0.15) is 12.4 Å². The first-order chi connectivity index (χ1) is 14.5. The van der Waals surface area contributed by atoms with E-state index in [9.17, 15) is 4.79 Å². The highest BCUT2D eigenvalue weighted by molar-refractivity contribution is 7.09. The van der Waals surface area contributed by atoms with E-state index in [1.165, 1.54) is 6.08 Å². The Hall–Kier alpha value is -3.19. The van der Waals surface area contributed by atoms with Gasteiger partial charge in [-0.3, -0.25) is 4.79 Å². The van der Waals surface area contributed by atoms with Gasteiger partial charge in [-0.25, -0.2) is 9.97 Å². The summed E-state index contributed by atoms with van der Waals surface area (Å²) in [6, 6.07) is 11.3. The molecule has 0 saturated carbocycles. The Morgan fingerprint density at radius 2 is 2.13 bits per heavy atom. The SMILES string of the molecule is Cc1nc(COc2cccc(/C=C/C(=O)NCc3cccnc3OC(C)C)c2)cs1. The monoisotopic (exact) mass is 423 g/mol. The number of thiazole rings is 1. The first kappa shape index (κ1) is 21.5. The lowest BCUT2D eigenvalue weighted by molar-refractivity contribution is -0.116. The molecule has 156 valence electrons. The summed E-state index contributed by atoms with van der Waals surface area (Å²) in [7, 11) is 0. The standard InChI is InChI=1S/C23H25N3O3S/c1-16(2)29-23-19(7-5-11-24-23)13-25-22(27)10-9-18-6-4-8-21(12-18)28-14-20-15-30-17(3)26-20/h4-12,15-16H,13-14H2,1-3H3,(H,25,27)/b10-9+. The van der Waals surface area contributed by atoms with Gasteiger partial charge < -0.3 is 14.8 Å². The lowest BCUT2D eigenvalue weighted by Gasteiger charge is -2.12. The second kappa shape index (κ2) is 10.5. The van der Waals surface area contributed by atoms with Gasteiger partial charge in [0.25, 0.3) is 0 Å². The van der Waals surface area contributed by atoms with Gasteiger partial charge in [0.05, 0.1) is 16.8 Å². The fourth-order valence-corrected chi connectivity index (χ4v) is 3.24. The van der Waals surface area contributed by atoms with E-state index in [1.807, 2.05) is 62.5 Å². The summed E-state index contributed by atoms with van der Waals surface area (Å²) < 4.78 is 11.5. The molecule has 3 aromatic rings. The summed E-state index contributed by atoms with van der Waals surface area (Å²) in [5.74, 6) is 1.07. The van der Waals surface area contributed by atoms with Crippen molar-refractivity contribution in [2.75, 3.05) is 0 Å². The van der Waals surface area contributed by atoms with Crippen LogP contribution in [0.3, 0.4) is 0 Å². The number of ether oxygens (including phenoxy) is 2. The molecule has 0 aliphatic carbocycles. The molecule has 0 aliphatic heterocycles. The zero-order valence-electron chi connectivity index (χ0n) is 17.3. The number of nitrogens with one attached hydrogen (secondary N) is 1. The van der Waals surface area contributed by atoms with Crippen LogP contribution in [0.15, 0.2) is 54.1 Å². The molecular formula is C23H25N3O3S. The zero-order valence-corrected chi connectivity index (χ0v) is 18.1. The fraction of sp³-hybridized carbons (Fsp3) is 0.261. The predicted molar refractivity (Wildman–Crippen MR) is 119 cm³/mol. The molecule has 0 unspecified atom stereocenters. The molecule has 6 nitrogen and oxygen atoms in total. The molecule has 3 rings (SSSR count). The molecule has 30 heavy (non-hydrogen) atoms. The highest BCUT2D eigenvalue weighted by atomic mass is 32.1. The molecule has 0 saturated heterocycles. The number of rotatable bonds is 9. The minimum atomic E-state index is -0.196. The van der Waals surface area contributed by atoms with Crippen molar-refractivity contribution in [3.63, 3.8) is 0 Å². The van der Waals surface area contributed by atoms with Crippen molar-refractivity contribution in [3.8, 4) is 11.6 Å². The Morgan fingerprint density at radius 3 is 2.90 bits per heavy atom. The molecule has 1 aromatic carbocycles. The number of nitrogens with zero attached hydrogens (tertiary/aromatic N) is 2. The number of hydrogen-bond acceptors (Lipinski definition) is 6. The van der Waals surface area contributed by atoms with E-state index in [4.69, 9.17) is 9.47 Å². The van der Waals surface area contributed by atoms with E-state index in [-0.39, 0.29) is 12.0 Å². The third-order valence-corrected chi connectivity index (χ3v) is 4.81. The number of pyridine rings is 1. The Labute approximate surface area is 180 Å². The van der Waals surface area contributed by atoms with Crippen LogP contribution in [0.1, 0.15) is 35.7 Å². The van der Waals surface area contributed by atoms with Gasteiger partial charge >= 0.3 is 0 Å². The van der Waals surface area contributed by atoms with Gasteiger partial charge in [0.15, 0.2) is 0 Å². The van der Waals surface area contributed by atoms with Crippen LogP contribution in [0.2, 0.25) is 0 Å². The summed E-state index contributed by atoms with van der Waals surface area (Å²) in [6.45, 7) is 6.61. The third-order valence-electron chi connectivity index (χ3n) is 3.99. The predicted octanol–water partition coefficient (Wildman–Crippen LogP) is 4.54. The van der Waals surface area contributed by atoms with E-state index in [0.717, 1.165) is 27.6 Å². The Bertz CT molecular complexity index is 1010. The van der Waals surface area contributed by atoms with Gasteiger partial charge in [0.2, 0.25) is 11.8 Å². The molecule has 0 bridgehead atoms. The minimum absolute atomic E-state index is 0.0169. The second-order valence-corrected chi connectivity index (χ2v) is 7.97. The number of carbonyl (C=O) groups excluding carboxylic acids is 1. The molecule has 7 heteroatoms. The van der Waals surface area contributed by atoms with Crippen molar-refractivity contribution in [2.45, 2.75) is 40.0 Å². The molecule has 0 spiro atoms. The largest absolute Gasteiger partial charge is 0.487 e. The molecule has 1 amide bonds. The number of aryl methyl sites for hydroxylation is 1. The second-order valence-electron chi connectivity index (χ2n) is 6.90. The van der Waals surface area contributed by atoms with Gasteiger partial charge in [0, 0.05) is 29.8 Å². The van der Waals surface area contributed by atoms with Crippen LogP contribution in [0.25, 0.3) is 6.08 Å². The van der Waals surface area contributed by atoms with Crippen molar-refractivity contribution < 1.29 is 14.3 Å². The highest BCUT2D eigenvalue weighted by Gasteiger charge is 2.07. The molecule has 1 N–H and O–H groups in total. The number of amides is 1. The smallest absolute Gasteiger partial charge is 0.244 e. The first-order valence-corrected chi connectivity index (χ1v) is 10.6. The Balaban J connectivity index is 1.53. The van der Waals surface area contributed by atoms with E-state index in [0.29, 0.717) is 19.0 Å². The average molecular weight is 424 g/mol. The Morgan fingerprint density at radius 1 is 1.27 bits per heavy atom. The molecule has 0 fully saturated rings. The third kappa shape index (κ3) is 6.70. The van der Waals surface area contributed by atoms with Gasteiger partial charge in [-0.15, -0.1) is 11.3 Å². The van der Waals surface area contributed by atoms with Crippen molar-refractivity contribution in [2.24, 2.45) is 0 Å². The number of aromatic nitrogens is 2. The summed E-state index contributed by atoms with van der Waals surface area (Å²) in [5.41, 5.74) is 2.62. The summed E-state index contributed by atoms with van der Waals surface area (Å²) in [4.78, 5) is 20.8. The number of hydrogen-bond donors (Lipinski definition) is 1. The van der Waals surface area contributed by atoms with Crippen LogP contribution >= 0.6 is 11.3 Å².